The van der Waals surface area contributed by atoms with Gasteiger partial charge in [0, 0.05) is 23.4 Å². The van der Waals surface area contributed by atoms with Crippen LogP contribution in [-0.4, -0.2) is 23.3 Å². The van der Waals surface area contributed by atoms with Gasteiger partial charge in [-0.25, -0.2) is 0 Å². The summed E-state index contributed by atoms with van der Waals surface area (Å²) in [6.45, 7) is 2.14. The lowest BCUT2D eigenvalue weighted by Gasteiger charge is -2.37. The van der Waals surface area contributed by atoms with E-state index in [4.69, 9.17) is 11.6 Å². The van der Waals surface area contributed by atoms with Gasteiger partial charge in [0.25, 0.3) is 0 Å². The summed E-state index contributed by atoms with van der Waals surface area (Å²) in [5.41, 5.74) is 3.17. The molecular formula is C24H23ClN2O2S. The molecule has 154 valence electrons. The second-order valence-electron chi connectivity index (χ2n) is 7.46. The number of halogens is 1. The van der Waals surface area contributed by atoms with E-state index in [-0.39, 0.29) is 24.3 Å². The molecule has 0 saturated carbocycles. The second-order valence-corrected chi connectivity index (χ2v) is 8.90. The molecule has 0 spiro atoms. The number of carbonyl (C=O) groups is 2. The summed E-state index contributed by atoms with van der Waals surface area (Å²) in [5.74, 6) is -0.143. The van der Waals surface area contributed by atoms with Crippen LogP contribution >= 0.6 is 22.9 Å². The van der Waals surface area contributed by atoms with E-state index in [9.17, 15) is 9.59 Å². The predicted octanol–water partition coefficient (Wildman–Crippen LogP) is 5.14. The van der Waals surface area contributed by atoms with E-state index in [1.807, 2.05) is 35.2 Å². The number of nitrogens with zero attached hydrogens (tertiary/aromatic N) is 1. The summed E-state index contributed by atoms with van der Waals surface area (Å²) in [7, 11) is 0. The van der Waals surface area contributed by atoms with Gasteiger partial charge in [-0.05, 0) is 46.7 Å². The first-order valence-electron chi connectivity index (χ1n) is 9.96. The summed E-state index contributed by atoms with van der Waals surface area (Å²) in [4.78, 5) is 28.6. The number of benzene rings is 2. The van der Waals surface area contributed by atoms with Crippen LogP contribution < -0.4 is 5.32 Å². The number of nitrogens with one attached hydrogen (secondary N) is 1. The standard InChI is InChI=1S/C24H23ClN2O2S/c1-16(28)26-21(17-7-9-19(25)10-8-17)15-23(29)27-13-11-22-20(12-14-30-22)24(27)18-5-3-2-4-6-18/h2-10,12,14,21,24H,11,13,15H2,1H3,(H,26,28). The Balaban J connectivity index is 1.63. The zero-order valence-electron chi connectivity index (χ0n) is 16.7. The molecule has 1 N–H and O–H groups in total. The molecule has 2 aromatic carbocycles. The Labute approximate surface area is 185 Å². The number of hydrogen-bond acceptors (Lipinski definition) is 3. The Bertz CT molecular complexity index is 1030. The predicted molar refractivity (Wildman–Crippen MR) is 121 cm³/mol. The Kier molecular flexibility index (Phi) is 6.21. The number of carbonyl (C=O) groups excluding carboxylic acids is 2. The van der Waals surface area contributed by atoms with Gasteiger partial charge in [-0.2, -0.15) is 0 Å². The topological polar surface area (TPSA) is 49.4 Å². The van der Waals surface area contributed by atoms with Gasteiger partial charge < -0.3 is 10.2 Å². The monoisotopic (exact) mass is 438 g/mol. The highest BCUT2D eigenvalue weighted by molar-refractivity contribution is 7.10. The Morgan fingerprint density at radius 3 is 2.57 bits per heavy atom. The van der Waals surface area contributed by atoms with Crippen LogP contribution in [0.4, 0.5) is 0 Å². The molecule has 0 radical (unpaired) electrons. The van der Waals surface area contributed by atoms with Crippen LogP contribution in [0.25, 0.3) is 0 Å². The van der Waals surface area contributed by atoms with Gasteiger partial charge in [0.15, 0.2) is 0 Å². The van der Waals surface area contributed by atoms with Gasteiger partial charge in [0.2, 0.25) is 11.8 Å². The van der Waals surface area contributed by atoms with Gasteiger partial charge >= 0.3 is 0 Å². The summed E-state index contributed by atoms with van der Waals surface area (Å²) in [5, 5.41) is 5.65. The third kappa shape index (κ3) is 4.42. The van der Waals surface area contributed by atoms with Crippen molar-refractivity contribution >= 4 is 34.8 Å². The number of thiophene rings is 1. The van der Waals surface area contributed by atoms with Crippen LogP contribution in [0.2, 0.25) is 5.02 Å². The highest BCUT2D eigenvalue weighted by atomic mass is 35.5. The molecule has 0 saturated heterocycles. The van der Waals surface area contributed by atoms with Gasteiger partial charge in [-0.3, -0.25) is 9.59 Å². The first kappa shape index (κ1) is 20.6. The zero-order valence-corrected chi connectivity index (χ0v) is 18.2. The van der Waals surface area contributed by atoms with Crippen molar-refractivity contribution in [2.45, 2.75) is 31.8 Å². The molecule has 2 heterocycles. The van der Waals surface area contributed by atoms with E-state index < -0.39 is 6.04 Å². The van der Waals surface area contributed by atoms with Crippen LogP contribution in [0.15, 0.2) is 66.0 Å². The number of fused-ring (bicyclic) bond motifs is 1. The third-order valence-electron chi connectivity index (χ3n) is 5.43. The number of rotatable bonds is 5. The van der Waals surface area contributed by atoms with Gasteiger partial charge in [0.05, 0.1) is 18.5 Å². The third-order valence-corrected chi connectivity index (χ3v) is 6.68. The maximum Gasteiger partial charge on any atom is 0.225 e. The molecule has 4 rings (SSSR count). The lowest BCUT2D eigenvalue weighted by molar-refractivity contribution is -0.134. The van der Waals surface area contributed by atoms with Crippen molar-refractivity contribution in [3.63, 3.8) is 0 Å². The van der Waals surface area contributed by atoms with Gasteiger partial charge in [0.1, 0.15) is 0 Å². The number of hydrogen-bond donors (Lipinski definition) is 1. The molecule has 30 heavy (non-hydrogen) atoms. The molecule has 4 nitrogen and oxygen atoms in total. The fourth-order valence-electron chi connectivity index (χ4n) is 4.06. The maximum atomic E-state index is 13.5. The Morgan fingerprint density at radius 1 is 1.13 bits per heavy atom. The van der Waals surface area contributed by atoms with Crippen LogP contribution in [0.5, 0.6) is 0 Å². The first-order chi connectivity index (χ1) is 14.5. The molecule has 3 aromatic rings. The van der Waals surface area contributed by atoms with E-state index >= 15 is 0 Å². The molecule has 1 aromatic heterocycles. The van der Waals surface area contributed by atoms with E-state index in [1.54, 1.807) is 23.5 Å². The molecule has 0 fully saturated rings. The normalized spacial score (nSPS) is 16.6. The van der Waals surface area contributed by atoms with E-state index in [1.165, 1.54) is 17.4 Å². The minimum absolute atomic E-state index is 0.0226. The maximum absolute atomic E-state index is 13.5. The summed E-state index contributed by atoms with van der Waals surface area (Å²) < 4.78 is 0. The SMILES string of the molecule is CC(=O)NC(CC(=O)N1CCc2sccc2C1c1ccccc1)c1ccc(Cl)cc1. The Morgan fingerprint density at radius 2 is 1.87 bits per heavy atom. The van der Waals surface area contributed by atoms with E-state index in [0.717, 1.165) is 17.5 Å². The highest BCUT2D eigenvalue weighted by Gasteiger charge is 2.33. The lowest BCUT2D eigenvalue weighted by Crippen LogP contribution is -2.42. The Hall–Kier alpha value is -2.63. The van der Waals surface area contributed by atoms with Crippen molar-refractivity contribution in [1.82, 2.24) is 10.2 Å². The fourth-order valence-corrected chi connectivity index (χ4v) is 5.09. The lowest BCUT2D eigenvalue weighted by atomic mass is 9.92. The highest BCUT2D eigenvalue weighted by Crippen LogP contribution is 2.38. The number of amides is 2. The molecule has 2 amide bonds. The molecule has 0 aliphatic carbocycles. The molecule has 1 aliphatic heterocycles. The van der Waals surface area contributed by atoms with Crippen LogP contribution in [0, 0.1) is 0 Å². The smallest absolute Gasteiger partial charge is 0.225 e. The minimum Gasteiger partial charge on any atom is -0.349 e. The summed E-state index contributed by atoms with van der Waals surface area (Å²) in [6.07, 6.45) is 1.05. The van der Waals surface area contributed by atoms with Crippen molar-refractivity contribution in [2.24, 2.45) is 0 Å². The van der Waals surface area contributed by atoms with Gasteiger partial charge in [-0.1, -0.05) is 54.1 Å². The average Bonchev–Trinajstić information content (AvgIpc) is 3.22. The van der Waals surface area contributed by atoms with Crippen LogP contribution in [0.3, 0.4) is 0 Å². The average molecular weight is 439 g/mol. The first-order valence-corrected chi connectivity index (χ1v) is 11.2. The molecule has 1 aliphatic rings. The molecule has 0 bridgehead atoms. The molecule has 2 unspecified atom stereocenters. The second kappa shape index (κ2) is 9.02. The summed E-state index contributed by atoms with van der Waals surface area (Å²) >= 11 is 7.76. The quantitative estimate of drug-likeness (QED) is 0.599. The van der Waals surface area contributed by atoms with E-state index in [2.05, 4.69) is 28.9 Å². The van der Waals surface area contributed by atoms with Crippen molar-refractivity contribution in [2.75, 3.05) is 6.54 Å². The van der Waals surface area contributed by atoms with Crippen LogP contribution in [0.1, 0.15) is 47.0 Å². The largest absolute Gasteiger partial charge is 0.349 e. The van der Waals surface area contributed by atoms with Crippen molar-refractivity contribution in [3.8, 4) is 0 Å². The molecular weight excluding hydrogens is 416 g/mol. The molecule has 6 heteroatoms. The molecule has 2 atom stereocenters. The van der Waals surface area contributed by atoms with Gasteiger partial charge in [-0.15, -0.1) is 11.3 Å². The summed E-state index contributed by atoms with van der Waals surface area (Å²) in [6, 6.07) is 19.1. The zero-order chi connectivity index (χ0) is 21.1. The van der Waals surface area contributed by atoms with Crippen molar-refractivity contribution < 1.29 is 9.59 Å². The fraction of sp³-hybridized carbons (Fsp3) is 0.250. The van der Waals surface area contributed by atoms with Crippen LogP contribution in [-0.2, 0) is 16.0 Å². The van der Waals surface area contributed by atoms with Crippen molar-refractivity contribution in [3.05, 3.63) is 92.6 Å². The van der Waals surface area contributed by atoms with E-state index in [0.29, 0.717) is 11.6 Å². The van der Waals surface area contributed by atoms with Crippen molar-refractivity contribution in [1.29, 1.82) is 0 Å². The minimum atomic E-state index is -0.396.